The van der Waals surface area contributed by atoms with Crippen LogP contribution in [0.4, 0.5) is 5.69 Å². The van der Waals surface area contributed by atoms with Crippen molar-refractivity contribution in [2.45, 2.75) is 26.3 Å². The largest absolute Gasteiger partial charge is 0.493 e. The lowest BCUT2D eigenvalue weighted by Crippen LogP contribution is -2.50. The summed E-state index contributed by atoms with van der Waals surface area (Å²) >= 11 is 6.97. The first kappa shape index (κ1) is 27.3. The van der Waals surface area contributed by atoms with Gasteiger partial charge in [-0.2, -0.15) is 0 Å². The maximum absolute atomic E-state index is 13.5. The third kappa shape index (κ3) is 5.56. The minimum Gasteiger partial charge on any atom is -0.493 e. The number of esters is 1. The van der Waals surface area contributed by atoms with E-state index in [0.717, 1.165) is 17.3 Å². The maximum atomic E-state index is 13.5. The van der Waals surface area contributed by atoms with Crippen LogP contribution in [-0.4, -0.2) is 54.7 Å². The molecule has 11 heteroatoms. The summed E-state index contributed by atoms with van der Waals surface area (Å²) < 4.78 is 16.3. The van der Waals surface area contributed by atoms with Crippen molar-refractivity contribution in [3.05, 3.63) is 75.3 Å². The van der Waals surface area contributed by atoms with E-state index in [1.54, 1.807) is 50.2 Å². The Hall–Kier alpha value is -3.76. The Bertz CT molecular complexity index is 1370. The van der Waals surface area contributed by atoms with Gasteiger partial charge in [0.15, 0.2) is 16.7 Å². The van der Waals surface area contributed by atoms with Crippen molar-refractivity contribution in [2.75, 3.05) is 26.1 Å². The van der Waals surface area contributed by atoms with Gasteiger partial charge in [0.1, 0.15) is 0 Å². The Morgan fingerprint density at radius 1 is 1.13 bits per heavy atom. The van der Waals surface area contributed by atoms with Crippen molar-refractivity contribution in [3.63, 3.8) is 0 Å². The predicted molar refractivity (Wildman–Crippen MR) is 146 cm³/mol. The van der Waals surface area contributed by atoms with Crippen LogP contribution >= 0.6 is 23.4 Å². The number of ether oxygens (including phenoxy) is 3. The summed E-state index contributed by atoms with van der Waals surface area (Å²) in [4.78, 5) is 45.6. The molecule has 0 unspecified atom stereocenters. The fourth-order valence-electron chi connectivity index (χ4n) is 4.24. The fraction of sp³-hybridized carbons (Fsp3) is 0.259. The lowest BCUT2D eigenvalue weighted by Gasteiger charge is -2.38. The molecule has 4 rings (SSSR count). The number of allylic oxidation sites excluding steroid dienone is 1. The molecule has 2 aromatic rings. The SMILES string of the molecule is CCOC(=O)C1=C(C)N=C2SC(C(=O)Nc3ccc(Cl)cc3)=CC(=O)N2[C@@H]1Cc1cccc(OC)c1OC. The van der Waals surface area contributed by atoms with E-state index in [1.165, 1.54) is 25.2 Å². The Morgan fingerprint density at radius 2 is 1.87 bits per heavy atom. The number of carbonyl (C=O) groups excluding carboxylic acids is 3. The highest BCUT2D eigenvalue weighted by Crippen LogP contribution is 2.39. The van der Waals surface area contributed by atoms with E-state index in [2.05, 4.69) is 10.3 Å². The number of nitrogens with one attached hydrogen (secondary N) is 1. The molecule has 2 aliphatic rings. The molecule has 0 fully saturated rings. The van der Waals surface area contributed by atoms with Crippen molar-refractivity contribution >= 4 is 52.0 Å². The lowest BCUT2D eigenvalue weighted by atomic mass is 9.94. The number of methoxy groups -OCH3 is 2. The molecule has 2 amide bonds. The topological polar surface area (TPSA) is 107 Å². The Labute approximate surface area is 229 Å². The molecule has 0 bridgehead atoms. The van der Waals surface area contributed by atoms with Crippen LogP contribution in [0, 0.1) is 0 Å². The van der Waals surface area contributed by atoms with E-state index in [1.807, 2.05) is 6.07 Å². The molecule has 0 radical (unpaired) electrons. The number of nitrogens with zero attached hydrogens (tertiary/aromatic N) is 2. The zero-order chi connectivity index (χ0) is 27.4. The summed E-state index contributed by atoms with van der Waals surface area (Å²) in [6.45, 7) is 3.56. The van der Waals surface area contributed by atoms with Gasteiger partial charge >= 0.3 is 5.97 Å². The second-order valence-corrected chi connectivity index (χ2v) is 9.71. The van der Waals surface area contributed by atoms with Crippen LogP contribution in [-0.2, 0) is 25.5 Å². The quantitative estimate of drug-likeness (QED) is 0.475. The van der Waals surface area contributed by atoms with Gasteiger partial charge in [-0.3, -0.25) is 14.5 Å². The third-order valence-electron chi connectivity index (χ3n) is 5.92. The predicted octanol–water partition coefficient (Wildman–Crippen LogP) is 4.57. The van der Waals surface area contributed by atoms with Gasteiger partial charge in [-0.05, 0) is 55.9 Å². The highest BCUT2D eigenvalue weighted by molar-refractivity contribution is 8.18. The summed E-state index contributed by atoms with van der Waals surface area (Å²) in [5.41, 5.74) is 1.92. The van der Waals surface area contributed by atoms with E-state index in [9.17, 15) is 14.4 Å². The van der Waals surface area contributed by atoms with Crippen LogP contribution in [0.25, 0.3) is 0 Å². The van der Waals surface area contributed by atoms with Crippen LogP contribution in [0.5, 0.6) is 11.5 Å². The normalized spacial score (nSPS) is 16.8. The van der Waals surface area contributed by atoms with E-state index >= 15 is 0 Å². The van der Waals surface area contributed by atoms with Crippen LogP contribution in [0.2, 0.25) is 5.02 Å². The minimum atomic E-state index is -0.750. The molecule has 0 spiro atoms. The summed E-state index contributed by atoms with van der Waals surface area (Å²) in [5.74, 6) is -0.487. The van der Waals surface area contributed by atoms with Crippen molar-refractivity contribution in [3.8, 4) is 11.5 Å². The van der Waals surface area contributed by atoms with E-state index in [0.29, 0.717) is 27.9 Å². The number of aliphatic imine (C=N–C) groups is 1. The zero-order valence-corrected chi connectivity index (χ0v) is 22.8. The average molecular weight is 556 g/mol. The second-order valence-electron chi connectivity index (χ2n) is 8.27. The number of halogens is 1. The summed E-state index contributed by atoms with van der Waals surface area (Å²) in [6.07, 6.45) is 1.46. The summed E-state index contributed by atoms with van der Waals surface area (Å²) in [6, 6.07) is 11.3. The second kappa shape index (κ2) is 11.7. The van der Waals surface area contributed by atoms with Gasteiger partial charge in [0.25, 0.3) is 11.8 Å². The first-order valence-corrected chi connectivity index (χ1v) is 12.9. The molecule has 9 nitrogen and oxygen atoms in total. The van der Waals surface area contributed by atoms with Gasteiger partial charge in [-0.1, -0.05) is 23.7 Å². The first-order chi connectivity index (χ1) is 18.3. The molecule has 1 atom stereocenters. The van der Waals surface area contributed by atoms with Crippen molar-refractivity contribution in [1.29, 1.82) is 0 Å². The van der Waals surface area contributed by atoms with Gasteiger partial charge in [0.2, 0.25) is 0 Å². The van der Waals surface area contributed by atoms with E-state index < -0.39 is 23.8 Å². The number of para-hydroxylation sites is 1. The molecule has 0 saturated heterocycles. The average Bonchev–Trinajstić information content (AvgIpc) is 2.89. The molecular formula is C27H26ClN3O6S. The molecule has 0 aliphatic carbocycles. The fourth-order valence-corrected chi connectivity index (χ4v) is 5.36. The molecule has 2 aromatic carbocycles. The van der Waals surface area contributed by atoms with Crippen LogP contribution in [0.15, 0.2) is 69.7 Å². The number of rotatable bonds is 8. The van der Waals surface area contributed by atoms with E-state index in [4.69, 9.17) is 25.8 Å². The highest BCUT2D eigenvalue weighted by Gasteiger charge is 2.42. The zero-order valence-electron chi connectivity index (χ0n) is 21.2. The Morgan fingerprint density at radius 3 is 2.53 bits per heavy atom. The highest BCUT2D eigenvalue weighted by atomic mass is 35.5. The lowest BCUT2D eigenvalue weighted by molar-refractivity contribution is -0.139. The maximum Gasteiger partial charge on any atom is 0.337 e. The number of anilines is 1. The van der Waals surface area contributed by atoms with Gasteiger partial charge in [0, 0.05) is 28.8 Å². The Kier molecular flexibility index (Phi) is 8.43. The molecule has 198 valence electrons. The molecule has 1 N–H and O–H groups in total. The van der Waals surface area contributed by atoms with Crippen LogP contribution in [0.3, 0.4) is 0 Å². The van der Waals surface area contributed by atoms with Crippen LogP contribution in [0.1, 0.15) is 19.4 Å². The smallest absolute Gasteiger partial charge is 0.337 e. The van der Waals surface area contributed by atoms with Crippen LogP contribution < -0.4 is 14.8 Å². The third-order valence-corrected chi connectivity index (χ3v) is 7.16. The molecule has 0 saturated carbocycles. The van der Waals surface area contributed by atoms with Crippen molar-refractivity contribution in [1.82, 2.24) is 4.90 Å². The number of thioether (sulfide) groups is 1. The summed E-state index contributed by atoms with van der Waals surface area (Å²) in [5, 5.41) is 3.58. The van der Waals surface area contributed by atoms with Gasteiger partial charge in [0.05, 0.1) is 43.0 Å². The van der Waals surface area contributed by atoms with Crippen molar-refractivity contribution < 1.29 is 28.6 Å². The standard InChI is InChI=1S/C27H26ClN3O6S/c1-5-37-26(34)23-15(2)29-27-31(19(23)13-16-7-6-8-20(35-3)24(16)36-4)22(32)14-21(38-27)25(33)30-18-11-9-17(28)10-12-18/h6-12,14,19H,5,13H2,1-4H3,(H,30,33)/t19-/m1/s1. The Balaban J connectivity index is 1.71. The van der Waals surface area contributed by atoms with Crippen molar-refractivity contribution in [2.24, 2.45) is 4.99 Å². The molecule has 2 aliphatic heterocycles. The van der Waals surface area contributed by atoms with Gasteiger partial charge < -0.3 is 19.5 Å². The summed E-state index contributed by atoms with van der Waals surface area (Å²) in [7, 11) is 3.06. The van der Waals surface area contributed by atoms with Gasteiger partial charge in [-0.25, -0.2) is 9.79 Å². The molecule has 2 heterocycles. The first-order valence-electron chi connectivity index (χ1n) is 11.7. The number of hydrogen-bond acceptors (Lipinski definition) is 8. The molecular weight excluding hydrogens is 530 g/mol. The number of hydrogen-bond donors (Lipinski definition) is 1. The van der Waals surface area contributed by atoms with Gasteiger partial charge in [-0.15, -0.1) is 0 Å². The van der Waals surface area contributed by atoms with E-state index in [-0.39, 0.29) is 28.7 Å². The monoisotopic (exact) mass is 555 g/mol. The molecule has 0 aromatic heterocycles. The minimum absolute atomic E-state index is 0.166. The number of amidine groups is 1. The molecule has 38 heavy (non-hydrogen) atoms. The number of amides is 2. The number of benzene rings is 2. The number of carbonyl (C=O) groups is 3. The number of fused-ring (bicyclic) bond motifs is 1.